The summed E-state index contributed by atoms with van der Waals surface area (Å²) in [5, 5.41) is 19.6. The van der Waals surface area contributed by atoms with E-state index in [4.69, 9.17) is 5.11 Å². The Morgan fingerprint density at radius 3 is 3.25 bits per heavy atom. The Hall–Kier alpha value is -1.46. The summed E-state index contributed by atoms with van der Waals surface area (Å²) in [7, 11) is 0. The number of carboxylic acids is 1. The van der Waals surface area contributed by atoms with Gasteiger partial charge in [-0.3, -0.25) is 4.79 Å². The first kappa shape index (κ1) is 7.20. The molecule has 0 aromatic carbocycles. The molecule has 1 aromatic rings. The van der Waals surface area contributed by atoms with E-state index in [1.807, 2.05) is 0 Å². The van der Waals surface area contributed by atoms with Crippen molar-refractivity contribution >= 4 is 5.97 Å². The normalized spacial score (nSPS) is 21.8. The SMILES string of the molecule is O=C(O)C1CCn2nnnc2C1. The molecule has 1 aliphatic heterocycles. The van der Waals surface area contributed by atoms with Gasteiger partial charge in [0.2, 0.25) is 0 Å². The number of aromatic nitrogens is 4. The van der Waals surface area contributed by atoms with Gasteiger partial charge in [-0.15, -0.1) is 5.10 Å². The van der Waals surface area contributed by atoms with Crippen LogP contribution in [0.5, 0.6) is 0 Å². The van der Waals surface area contributed by atoms with Crippen LogP contribution >= 0.6 is 0 Å². The average Bonchev–Trinajstić information content (AvgIpc) is 2.49. The monoisotopic (exact) mass is 168 g/mol. The lowest BCUT2D eigenvalue weighted by Gasteiger charge is -2.16. The highest BCUT2D eigenvalue weighted by molar-refractivity contribution is 5.70. The zero-order valence-corrected chi connectivity index (χ0v) is 6.34. The van der Waals surface area contributed by atoms with Gasteiger partial charge >= 0.3 is 5.97 Å². The first-order chi connectivity index (χ1) is 5.77. The summed E-state index contributed by atoms with van der Waals surface area (Å²) in [6.45, 7) is 0.610. The molecule has 64 valence electrons. The van der Waals surface area contributed by atoms with Crippen molar-refractivity contribution in [2.75, 3.05) is 0 Å². The molecular weight excluding hydrogens is 160 g/mol. The third-order valence-electron chi connectivity index (χ3n) is 2.07. The second-order valence-electron chi connectivity index (χ2n) is 2.85. The number of rotatable bonds is 1. The van der Waals surface area contributed by atoms with Crippen molar-refractivity contribution in [3.63, 3.8) is 0 Å². The third kappa shape index (κ3) is 1.05. The Morgan fingerprint density at radius 2 is 2.50 bits per heavy atom. The first-order valence-corrected chi connectivity index (χ1v) is 3.75. The number of nitrogens with zero attached hydrogens (tertiary/aromatic N) is 4. The van der Waals surface area contributed by atoms with Gasteiger partial charge in [0.15, 0.2) is 5.82 Å². The second kappa shape index (κ2) is 2.54. The van der Waals surface area contributed by atoms with Crippen LogP contribution in [0, 0.1) is 5.92 Å². The standard InChI is InChI=1S/C6H8N4O2/c11-6(12)4-1-2-10-5(3-4)7-8-9-10/h4H,1-3H2,(H,11,12). The fraction of sp³-hybridized carbons (Fsp3) is 0.667. The minimum atomic E-state index is -0.760. The molecule has 0 radical (unpaired) electrons. The Morgan fingerprint density at radius 1 is 1.67 bits per heavy atom. The number of aliphatic carboxylic acids is 1. The van der Waals surface area contributed by atoms with Crippen LogP contribution in [0.1, 0.15) is 12.2 Å². The molecule has 1 aromatic heterocycles. The van der Waals surface area contributed by atoms with Crippen LogP contribution in [0.2, 0.25) is 0 Å². The molecule has 12 heavy (non-hydrogen) atoms. The highest BCUT2D eigenvalue weighted by Crippen LogP contribution is 2.16. The zero-order valence-electron chi connectivity index (χ0n) is 6.34. The van der Waals surface area contributed by atoms with Crippen molar-refractivity contribution in [2.24, 2.45) is 5.92 Å². The maximum atomic E-state index is 10.6. The van der Waals surface area contributed by atoms with Crippen LogP contribution in [0.25, 0.3) is 0 Å². The van der Waals surface area contributed by atoms with E-state index in [1.54, 1.807) is 4.68 Å². The maximum Gasteiger partial charge on any atom is 0.307 e. The summed E-state index contributed by atoms with van der Waals surface area (Å²) in [4.78, 5) is 10.6. The van der Waals surface area contributed by atoms with Gasteiger partial charge in [0.05, 0.1) is 5.92 Å². The number of carbonyl (C=O) groups is 1. The van der Waals surface area contributed by atoms with E-state index in [-0.39, 0.29) is 5.92 Å². The van der Waals surface area contributed by atoms with E-state index >= 15 is 0 Å². The lowest BCUT2D eigenvalue weighted by atomic mass is 9.99. The molecule has 0 bridgehead atoms. The molecule has 0 saturated carbocycles. The summed E-state index contributed by atoms with van der Waals surface area (Å²) >= 11 is 0. The molecule has 0 spiro atoms. The number of fused-ring (bicyclic) bond motifs is 1. The average molecular weight is 168 g/mol. The molecular formula is C6H8N4O2. The topological polar surface area (TPSA) is 80.9 Å². The Labute approximate surface area is 68.2 Å². The van der Waals surface area contributed by atoms with E-state index in [9.17, 15) is 4.79 Å². The summed E-state index contributed by atoms with van der Waals surface area (Å²) in [6, 6.07) is 0. The molecule has 1 atom stereocenters. The fourth-order valence-corrected chi connectivity index (χ4v) is 1.35. The van der Waals surface area contributed by atoms with Crippen LogP contribution in [-0.4, -0.2) is 31.3 Å². The van der Waals surface area contributed by atoms with Crippen molar-refractivity contribution < 1.29 is 9.90 Å². The number of hydrogen-bond acceptors (Lipinski definition) is 4. The van der Waals surface area contributed by atoms with Crippen LogP contribution in [0.4, 0.5) is 0 Å². The lowest BCUT2D eigenvalue weighted by Crippen LogP contribution is -2.26. The summed E-state index contributed by atoms with van der Waals surface area (Å²) < 4.78 is 1.65. The minimum Gasteiger partial charge on any atom is -0.481 e. The van der Waals surface area contributed by atoms with E-state index < -0.39 is 5.97 Å². The van der Waals surface area contributed by atoms with Gasteiger partial charge < -0.3 is 5.11 Å². The number of hydrogen-bond donors (Lipinski definition) is 1. The van der Waals surface area contributed by atoms with Gasteiger partial charge in [0.1, 0.15) is 0 Å². The number of aryl methyl sites for hydroxylation is 1. The molecule has 1 unspecified atom stereocenters. The highest BCUT2D eigenvalue weighted by Gasteiger charge is 2.25. The van der Waals surface area contributed by atoms with E-state index in [0.29, 0.717) is 25.2 Å². The van der Waals surface area contributed by atoms with Crippen LogP contribution in [-0.2, 0) is 17.8 Å². The molecule has 1 aliphatic rings. The number of tetrazole rings is 1. The lowest BCUT2D eigenvalue weighted by molar-refractivity contribution is -0.142. The molecule has 0 fully saturated rings. The molecule has 2 rings (SSSR count). The van der Waals surface area contributed by atoms with Gasteiger partial charge in [-0.1, -0.05) is 0 Å². The molecule has 6 heteroatoms. The van der Waals surface area contributed by atoms with E-state index in [0.717, 1.165) is 0 Å². The minimum absolute atomic E-state index is 0.316. The van der Waals surface area contributed by atoms with Gasteiger partial charge in [-0.05, 0) is 16.8 Å². The van der Waals surface area contributed by atoms with Crippen molar-refractivity contribution in [1.29, 1.82) is 0 Å². The molecule has 6 nitrogen and oxygen atoms in total. The molecule has 0 amide bonds. The van der Waals surface area contributed by atoms with E-state index in [1.165, 1.54) is 0 Å². The van der Waals surface area contributed by atoms with Crippen LogP contribution in [0.15, 0.2) is 0 Å². The second-order valence-corrected chi connectivity index (χ2v) is 2.85. The first-order valence-electron chi connectivity index (χ1n) is 3.75. The van der Waals surface area contributed by atoms with Crippen LogP contribution in [0.3, 0.4) is 0 Å². The van der Waals surface area contributed by atoms with E-state index in [2.05, 4.69) is 15.5 Å². The van der Waals surface area contributed by atoms with Crippen molar-refractivity contribution in [3.05, 3.63) is 5.82 Å². The van der Waals surface area contributed by atoms with Crippen molar-refractivity contribution in [1.82, 2.24) is 20.2 Å². The van der Waals surface area contributed by atoms with Gasteiger partial charge in [-0.2, -0.15) is 0 Å². The molecule has 0 aliphatic carbocycles. The van der Waals surface area contributed by atoms with Crippen molar-refractivity contribution in [3.8, 4) is 0 Å². The predicted octanol–water partition coefficient (Wildman–Crippen LogP) is -0.680. The zero-order chi connectivity index (χ0) is 8.55. The van der Waals surface area contributed by atoms with Crippen LogP contribution < -0.4 is 0 Å². The smallest absolute Gasteiger partial charge is 0.307 e. The largest absolute Gasteiger partial charge is 0.481 e. The van der Waals surface area contributed by atoms with Gasteiger partial charge in [-0.25, -0.2) is 4.68 Å². The predicted molar refractivity (Wildman–Crippen MR) is 37.3 cm³/mol. The highest BCUT2D eigenvalue weighted by atomic mass is 16.4. The summed E-state index contributed by atoms with van der Waals surface area (Å²) in [5.74, 6) is -0.401. The van der Waals surface area contributed by atoms with Gasteiger partial charge in [0.25, 0.3) is 0 Å². The Bertz CT molecular complexity index is 308. The summed E-state index contributed by atoms with van der Waals surface area (Å²) in [6.07, 6.45) is 1.07. The third-order valence-corrected chi connectivity index (χ3v) is 2.07. The Kier molecular flexibility index (Phi) is 1.53. The molecule has 2 heterocycles. The van der Waals surface area contributed by atoms with Gasteiger partial charge in [0, 0.05) is 13.0 Å². The quantitative estimate of drug-likeness (QED) is 0.600. The molecule has 1 N–H and O–H groups in total. The van der Waals surface area contributed by atoms with Crippen molar-refractivity contribution in [2.45, 2.75) is 19.4 Å². The maximum absolute atomic E-state index is 10.6. The Balaban J connectivity index is 2.20. The number of carboxylic acid groups (broad SMARTS) is 1. The molecule has 0 saturated heterocycles. The fourth-order valence-electron chi connectivity index (χ4n) is 1.35. The summed E-state index contributed by atoms with van der Waals surface area (Å²) in [5.41, 5.74) is 0.